The predicted octanol–water partition coefficient (Wildman–Crippen LogP) is 3.84. The first-order chi connectivity index (χ1) is 9.85. The highest BCUT2D eigenvalue weighted by atomic mass is 35.5. The lowest BCUT2D eigenvalue weighted by Gasteiger charge is -2.11. The third-order valence-corrected chi connectivity index (χ3v) is 5.62. The van der Waals surface area contributed by atoms with Crippen molar-refractivity contribution in [3.8, 4) is 0 Å². The molecule has 0 aliphatic carbocycles. The van der Waals surface area contributed by atoms with Gasteiger partial charge >= 0.3 is 0 Å². The molecule has 118 valence electrons. The molecule has 0 aliphatic heterocycles. The molecule has 0 bridgehead atoms. The van der Waals surface area contributed by atoms with E-state index in [1.807, 2.05) is 13.8 Å². The highest BCUT2D eigenvalue weighted by Crippen LogP contribution is 2.32. The fourth-order valence-corrected chi connectivity index (χ4v) is 3.48. The molecule has 2 atom stereocenters. The molecule has 0 fully saturated rings. The predicted molar refractivity (Wildman–Crippen MR) is 91.5 cm³/mol. The van der Waals surface area contributed by atoms with Gasteiger partial charge in [-0.1, -0.05) is 37.0 Å². The third kappa shape index (κ3) is 5.85. The molecule has 7 heteroatoms. The Balaban J connectivity index is 2.50. The van der Waals surface area contributed by atoms with E-state index in [0.717, 1.165) is 6.42 Å². The quantitative estimate of drug-likeness (QED) is 0.733. The van der Waals surface area contributed by atoms with E-state index in [2.05, 4.69) is 5.32 Å². The van der Waals surface area contributed by atoms with Crippen LogP contribution in [0.4, 0.5) is 11.4 Å². The van der Waals surface area contributed by atoms with Crippen molar-refractivity contribution in [2.45, 2.75) is 38.4 Å². The summed E-state index contributed by atoms with van der Waals surface area (Å²) in [6, 6.07) is 3.06. The van der Waals surface area contributed by atoms with Crippen molar-refractivity contribution in [2.75, 3.05) is 16.8 Å². The molecule has 1 amide bonds. The van der Waals surface area contributed by atoms with Crippen molar-refractivity contribution in [1.82, 2.24) is 0 Å². The summed E-state index contributed by atoms with van der Waals surface area (Å²) in [5, 5.41) is 3.43. The van der Waals surface area contributed by atoms with E-state index in [0.29, 0.717) is 33.6 Å². The van der Waals surface area contributed by atoms with E-state index >= 15 is 0 Å². The van der Waals surface area contributed by atoms with E-state index in [4.69, 9.17) is 28.9 Å². The van der Waals surface area contributed by atoms with Gasteiger partial charge in [0.15, 0.2) is 0 Å². The average Bonchev–Trinajstić information content (AvgIpc) is 2.41. The normalized spacial score (nSPS) is 13.7. The molecule has 3 N–H and O–H groups in total. The fourth-order valence-electron chi connectivity index (χ4n) is 1.68. The molecule has 1 rings (SSSR count). The molecule has 2 unspecified atom stereocenters. The summed E-state index contributed by atoms with van der Waals surface area (Å²) in [6.45, 7) is 3.95. The van der Waals surface area contributed by atoms with Gasteiger partial charge < -0.3 is 11.1 Å². The first-order valence-corrected chi connectivity index (χ1v) is 8.90. The summed E-state index contributed by atoms with van der Waals surface area (Å²) in [7, 11) is -0.888. The molecule has 0 spiro atoms. The van der Waals surface area contributed by atoms with Crippen molar-refractivity contribution in [2.24, 2.45) is 0 Å². The largest absolute Gasteiger partial charge is 0.399 e. The van der Waals surface area contributed by atoms with Gasteiger partial charge in [0.25, 0.3) is 0 Å². The number of benzene rings is 1. The maximum absolute atomic E-state index is 11.9. The van der Waals surface area contributed by atoms with Crippen LogP contribution in [0, 0.1) is 0 Å². The van der Waals surface area contributed by atoms with Gasteiger partial charge in [-0.05, 0) is 25.0 Å². The Hall–Kier alpha value is -0.780. The Morgan fingerprint density at radius 3 is 2.48 bits per heavy atom. The van der Waals surface area contributed by atoms with E-state index in [1.165, 1.54) is 12.1 Å². The second-order valence-electron chi connectivity index (χ2n) is 4.82. The number of carbonyl (C=O) groups is 1. The highest BCUT2D eigenvalue weighted by molar-refractivity contribution is 7.85. The average molecular weight is 351 g/mol. The summed E-state index contributed by atoms with van der Waals surface area (Å²) in [5.74, 6) is 0.316. The molecule has 0 aromatic heterocycles. The van der Waals surface area contributed by atoms with Crippen LogP contribution in [0.5, 0.6) is 0 Å². The Morgan fingerprint density at radius 1 is 1.38 bits per heavy atom. The third-order valence-electron chi connectivity index (χ3n) is 3.10. The van der Waals surface area contributed by atoms with Crippen LogP contribution >= 0.6 is 23.2 Å². The number of anilines is 2. The van der Waals surface area contributed by atoms with Gasteiger partial charge in [0.2, 0.25) is 5.91 Å². The van der Waals surface area contributed by atoms with Crippen LogP contribution in [-0.2, 0) is 15.6 Å². The zero-order valence-corrected chi connectivity index (χ0v) is 14.4. The second kappa shape index (κ2) is 8.61. The van der Waals surface area contributed by atoms with Crippen LogP contribution in [-0.4, -0.2) is 21.1 Å². The lowest BCUT2D eigenvalue weighted by molar-refractivity contribution is -0.116. The number of carbonyl (C=O) groups excluding carboxylic acids is 1. The number of nitrogen functional groups attached to an aromatic ring is 1. The van der Waals surface area contributed by atoms with Crippen LogP contribution in [0.1, 0.15) is 33.1 Å². The molecule has 4 nitrogen and oxygen atoms in total. The number of halogens is 2. The number of hydrogen-bond donors (Lipinski definition) is 2. The maximum atomic E-state index is 11.9. The molecule has 0 aliphatic rings. The van der Waals surface area contributed by atoms with Gasteiger partial charge in [-0.3, -0.25) is 9.00 Å². The number of nitrogens with one attached hydrogen (secondary N) is 1. The molecule has 21 heavy (non-hydrogen) atoms. The molecular weight excluding hydrogens is 331 g/mol. The minimum Gasteiger partial charge on any atom is -0.399 e. The number of nitrogens with two attached hydrogens (primary N) is 1. The van der Waals surface area contributed by atoms with Gasteiger partial charge in [-0.25, -0.2) is 0 Å². The highest BCUT2D eigenvalue weighted by Gasteiger charge is 2.13. The van der Waals surface area contributed by atoms with Crippen molar-refractivity contribution in [1.29, 1.82) is 0 Å². The number of amides is 1. The standard InChI is InChI=1S/C14H20Cl2N2O2S/c1-3-9(2)21(20)6-4-5-13(19)18-14-11(15)7-10(17)8-12(14)16/h7-9H,3-6,17H2,1-2H3,(H,18,19). The maximum Gasteiger partial charge on any atom is 0.224 e. The smallest absolute Gasteiger partial charge is 0.224 e. The second-order valence-corrected chi connectivity index (χ2v) is 7.60. The molecule has 0 radical (unpaired) electrons. The van der Waals surface area contributed by atoms with Crippen molar-refractivity contribution >= 4 is 51.3 Å². The first-order valence-electron chi connectivity index (χ1n) is 6.76. The summed E-state index contributed by atoms with van der Waals surface area (Å²) < 4.78 is 11.8. The summed E-state index contributed by atoms with van der Waals surface area (Å²) in [4.78, 5) is 11.9. The molecule has 1 aromatic carbocycles. The van der Waals surface area contributed by atoms with Crippen LogP contribution in [0.2, 0.25) is 10.0 Å². The lowest BCUT2D eigenvalue weighted by Crippen LogP contribution is -2.16. The zero-order valence-electron chi connectivity index (χ0n) is 12.1. The van der Waals surface area contributed by atoms with Crippen LogP contribution in [0.3, 0.4) is 0 Å². The molecular formula is C14H20Cl2N2O2S. The minimum atomic E-state index is -0.888. The van der Waals surface area contributed by atoms with Gasteiger partial charge in [-0.2, -0.15) is 0 Å². The molecule has 0 heterocycles. The minimum absolute atomic E-state index is 0.161. The Morgan fingerprint density at radius 2 is 1.95 bits per heavy atom. The van der Waals surface area contributed by atoms with Crippen molar-refractivity contribution in [3.05, 3.63) is 22.2 Å². The fraction of sp³-hybridized carbons (Fsp3) is 0.500. The summed E-state index contributed by atoms with van der Waals surface area (Å²) in [6.07, 6.45) is 1.71. The van der Waals surface area contributed by atoms with Gasteiger partial charge in [0, 0.05) is 33.9 Å². The van der Waals surface area contributed by atoms with E-state index in [9.17, 15) is 9.00 Å². The van der Waals surface area contributed by atoms with E-state index in [1.54, 1.807) is 0 Å². The molecule has 0 saturated carbocycles. The van der Waals surface area contributed by atoms with E-state index in [-0.39, 0.29) is 17.6 Å². The van der Waals surface area contributed by atoms with Crippen LogP contribution < -0.4 is 11.1 Å². The Labute approximate surface area is 137 Å². The molecule has 0 saturated heterocycles. The van der Waals surface area contributed by atoms with Crippen molar-refractivity contribution < 1.29 is 9.00 Å². The topological polar surface area (TPSA) is 72.2 Å². The van der Waals surface area contributed by atoms with Crippen molar-refractivity contribution in [3.63, 3.8) is 0 Å². The van der Waals surface area contributed by atoms with Gasteiger partial charge in [0.05, 0.1) is 15.7 Å². The summed E-state index contributed by atoms with van der Waals surface area (Å²) >= 11 is 12.0. The number of rotatable bonds is 7. The SMILES string of the molecule is CCC(C)S(=O)CCCC(=O)Nc1c(Cl)cc(N)cc1Cl. The lowest BCUT2D eigenvalue weighted by atomic mass is 10.2. The zero-order chi connectivity index (χ0) is 16.0. The van der Waals surface area contributed by atoms with Crippen LogP contribution in [0.25, 0.3) is 0 Å². The van der Waals surface area contributed by atoms with Gasteiger partial charge in [-0.15, -0.1) is 0 Å². The first kappa shape index (κ1) is 18.3. The Bertz CT molecular complexity index is 515. The monoisotopic (exact) mass is 350 g/mol. The summed E-state index contributed by atoms with van der Waals surface area (Å²) in [5.41, 5.74) is 6.40. The van der Waals surface area contributed by atoms with E-state index < -0.39 is 10.8 Å². The number of hydrogen-bond acceptors (Lipinski definition) is 3. The van der Waals surface area contributed by atoms with Gasteiger partial charge in [0.1, 0.15) is 0 Å². The molecule has 1 aromatic rings. The Kier molecular flexibility index (Phi) is 7.49. The van der Waals surface area contributed by atoms with Crippen LogP contribution in [0.15, 0.2) is 12.1 Å².